The van der Waals surface area contributed by atoms with E-state index in [9.17, 15) is 44.2 Å². The first-order valence-electron chi connectivity index (χ1n) is 20.0. The lowest BCUT2D eigenvalue weighted by Crippen LogP contribution is -2.00. The fourth-order valence-corrected chi connectivity index (χ4v) is 8.67. The number of halogens is 1. The highest BCUT2D eigenvalue weighted by Crippen LogP contribution is 2.26. The maximum absolute atomic E-state index is 11.1. The van der Waals surface area contributed by atoms with Gasteiger partial charge in [-0.1, -0.05) is 23.7 Å². The number of fused-ring (bicyclic) bond motifs is 4. The number of nitro benzene ring substituents is 2. The van der Waals surface area contributed by atoms with E-state index in [1.807, 2.05) is 35.8 Å². The van der Waals surface area contributed by atoms with Crippen molar-refractivity contribution in [1.82, 2.24) is 19.9 Å². The monoisotopic (exact) mass is 1100 g/mol. The number of thiazole rings is 4. The van der Waals surface area contributed by atoms with Crippen molar-refractivity contribution in [1.29, 1.82) is 0 Å². The maximum atomic E-state index is 11.1. The molecule has 0 atom stereocenters. The number of aromatic carboxylic acids is 3. The standard InChI is InChI=1S/C9H7NO2S.C8H5NO2S.C8H7NOS.C8H5NOS.C7H4ClNO4.C7H5NO4S/c1-12-9(11)6-2-3-8-7(4-6)10-5-13-8;10-8(11)5-1-2-7-6(3-5)9-4-12-7;2*10-4-6-1-2-8-7(3-6)9-5-11-8;8-5-2-1-4(7(10)11)3-6(5)9(12)13;9-7(10)4-1-2-6(13)5(3-4)8(11)12/h2-5H,1H3;1-4H,(H,10,11);1-3,5,10H,4H2;1-5H;1-3H,(H,10,11);1-3,13H,(H,9,10). The minimum Gasteiger partial charge on any atom is -0.478 e. The van der Waals surface area contributed by atoms with Gasteiger partial charge in [0.1, 0.15) is 11.3 Å². The molecule has 0 unspecified atom stereocenters. The number of aromatic nitrogens is 4. The Labute approximate surface area is 436 Å². The molecular weight excluding hydrogens is 1070 g/mol. The van der Waals surface area contributed by atoms with Crippen molar-refractivity contribution in [2.45, 2.75) is 11.5 Å². The van der Waals surface area contributed by atoms with Crippen LogP contribution < -0.4 is 0 Å². The van der Waals surface area contributed by atoms with Gasteiger partial charge in [0.05, 0.1) is 114 Å². The summed E-state index contributed by atoms with van der Waals surface area (Å²) in [6.45, 7) is 0.0907. The van der Waals surface area contributed by atoms with Gasteiger partial charge in [-0.2, -0.15) is 0 Å². The zero-order valence-corrected chi connectivity index (χ0v) is 41.9. The number of carboxylic acid groups (broad SMARTS) is 3. The number of benzene rings is 6. The van der Waals surface area contributed by atoms with Crippen LogP contribution in [0.25, 0.3) is 40.9 Å². The van der Waals surface area contributed by atoms with Gasteiger partial charge in [0.15, 0.2) is 0 Å². The van der Waals surface area contributed by atoms with Gasteiger partial charge in [-0.25, -0.2) is 39.1 Å². The first-order valence-corrected chi connectivity index (χ1v) is 24.3. The summed E-state index contributed by atoms with van der Waals surface area (Å²) in [5, 5.41) is 55.1. The fraction of sp³-hybridized carbons (Fsp3) is 0.0426. The third-order valence-corrected chi connectivity index (χ3v) is 13.1. The van der Waals surface area contributed by atoms with Crippen molar-refractivity contribution >= 4 is 152 Å². The second-order valence-corrected chi connectivity index (χ2v) is 18.3. The molecule has 4 aromatic heterocycles. The Morgan fingerprint density at radius 1 is 0.589 bits per heavy atom. The molecule has 0 aliphatic carbocycles. The number of aliphatic hydroxyl groups is 1. The predicted octanol–water partition coefficient (Wildman–Crippen LogP) is 11.5. The molecule has 20 nitrogen and oxygen atoms in total. The van der Waals surface area contributed by atoms with E-state index in [1.165, 1.54) is 47.4 Å². The SMILES string of the molecule is COC(=O)c1ccc2scnc2c1.O=C(O)c1ccc(Cl)c([N+](=O)[O-])c1.O=C(O)c1ccc(S)c([N+](=O)[O-])c1.O=C(O)c1ccc2scnc2c1.O=Cc1ccc2scnc2c1.OCc1ccc2scnc2c1. The molecule has 4 heterocycles. The first kappa shape index (κ1) is 55.8. The molecule has 10 rings (SSSR count). The van der Waals surface area contributed by atoms with Crippen molar-refractivity contribution in [3.8, 4) is 0 Å². The largest absolute Gasteiger partial charge is 0.478 e. The van der Waals surface area contributed by atoms with Crippen molar-refractivity contribution in [3.05, 3.63) is 190 Å². The number of nitro groups is 2. The van der Waals surface area contributed by atoms with E-state index in [0.717, 1.165) is 60.1 Å². The second kappa shape index (κ2) is 26.9. The lowest BCUT2D eigenvalue weighted by molar-refractivity contribution is -0.387. The lowest BCUT2D eigenvalue weighted by Gasteiger charge is -1.97. The number of carbonyl (C=O) groups is 5. The number of carbonyl (C=O) groups excluding carboxylic acids is 2. The third kappa shape index (κ3) is 15.9. The van der Waals surface area contributed by atoms with E-state index in [-0.39, 0.29) is 44.9 Å². The molecule has 4 N–H and O–H groups in total. The molecule has 0 saturated heterocycles. The number of aliphatic hydroxyl groups excluding tert-OH is 1. The van der Waals surface area contributed by atoms with Gasteiger partial charge in [-0.3, -0.25) is 25.0 Å². The Balaban J connectivity index is 0.000000163. The Morgan fingerprint density at radius 3 is 1.45 bits per heavy atom. The van der Waals surface area contributed by atoms with Crippen LogP contribution in [0.2, 0.25) is 5.02 Å². The molecule has 0 aliphatic heterocycles. The first-order chi connectivity index (χ1) is 34.9. The number of ether oxygens (including phenoxy) is 1. The summed E-state index contributed by atoms with van der Waals surface area (Å²) in [5.41, 5.74) is 12.0. The Morgan fingerprint density at radius 2 is 0.986 bits per heavy atom. The summed E-state index contributed by atoms with van der Waals surface area (Å²) in [4.78, 5) is 88.7. The van der Waals surface area contributed by atoms with E-state index in [1.54, 1.807) is 93.0 Å². The number of methoxy groups -OCH3 is 1. The van der Waals surface area contributed by atoms with E-state index in [0.29, 0.717) is 11.1 Å². The molecule has 0 fully saturated rings. The summed E-state index contributed by atoms with van der Waals surface area (Å²) < 4.78 is 8.98. The Kier molecular flexibility index (Phi) is 20.5. The number of rotatable bonds is 8. The number of hydrogen-bond donors (Lipinski definition) is 5. The molecule has 73 heavy (non-hydrogen) atoms. The number of carboxylic acids is 3. The minimum absolute atomic E-state index is 0.0741. The van der Waals surface area contributed by atoms with Crippen LogP contribution in [0.15, 0.2) is 136 Å². The molecule has 6 aromatic carbocycles. The summed E-state index contributed by atoms with van der Waals surface area (Å²) in [5.74, 6) is -3.66. The maximum Gasteiger partial charge on any atom is 0.337 e. The fourth-order valence-electron chi connectivity index (χ4n) is 5.63. The molecule has 372 valence electrons. The second-order valence-electron chi connectivity index (χ2n) is 13.9. The summed E-state index contributed by atoms with van der Waals surface area (Å²) >= 11 is 15.5. The van der Waals surface area contributed by atoms with Gasteiger partial charge in [-0.15, -0.1) is 58.0 Å². The zero-order chi connectivity index (χ0) is 53.2. The molecular formula is C47H33ClN6O14S5. The van der Waals surface area contributed by atoms with Crippen LogP contribution >= 0.6 is 69.6 Å². The van der Waals surface area contributed by atoms with Crippen LogP contribution in [0, 0.1) is 20.2 Å². The molecule has 0 saturated carbocycles. The summed E-state index contributed by atoms with van der Waals surface area (Å²) in [6.07, 6.45) is 0.832. The van der Waals surface area contributed by atoms with E-state index in [4.69, 9.17) is 32.0 Å². The van der Waals surface area contributed by atoms with Gasteiger partial charge in [-0.05, 0) is 90.5 Å². The molecule has 10 aromatic rings. The van der Waals surface area contributed by atoms with Crippen LogP contribution in [0.1, 0.15) is 57.4 Å². The van der Waals surface area contributed by atoms with Crippen LogP contribution in [-0.2, 0) is 11.3 Å². The summed E-state index contributed by atoms with van der Waals surface area (Å²) in [7, 11) is 1.37. The van der Waals surface area contributed by atoms with Crippen LogP contribution in [0.3, 0.4) is 0 Å². The molecule has 0 aliphatic rings. The zero-order valence-electron chi connectivity index (χ0n) is 37.0. The quantitative estimate of drug-likeness (QED) is 0.0310. The van der Waals surface area contributed by atoms with E-state index >= 15 is 0 Å². The van der Waals surface area contributed by atoms with Crippen molar-refractivity contribution in [2.75, 3.05) is 7.11 Å². The van der Waals surface area contributed by atoms with Crippen molar-refractivity contribution < 1.29 is 59.0 Å². The third-order valence-electron chi connectivity index (χ3n) is 9.21. The predicted molar refractivity (Wildman–Crippen MR) is 280 cm³/mol. The topological polar surface area (TPSA) is 313 Å². The van der Waals surface area contributed by atoms with E-state index in [2.05, 4.69) is 37.3 Å². The average molecular weight is 1100 g/mol. The minimum atomic E-state index is -1.22. The summed E-state index contributed by atoms with van der Waals surface area (Å²) in [6, 6.07) is 28.4. The highest BCUT2D eigenvalue weighted by Gasteiger charge is 2.16. The molecule has 0 spiro atoms. The Bertz CT molecular complexity index is 3550. The van der Waals surface area contributed by atoms with Gasteiger partial charge in [0.25, 0.3) is 11.4 Å². The van der Waals surface area contributed by atoms with Gasteiger partial charge < -0.3 is 25.2 Å². The molecule has 0 bridgehead atoms. The van der Waals surface area contributed by atoms with Gasteiger partial charge in [0, 0.05) is 17.7 Å². The number of esters is 1. The average Bonchev–Trinajstić information content (AvgIpc) is 4.24. The highest BCUT2D eigenvalue weighted by molar-refractivity contribution is 7.80. The number of aldehydes is 1. The van der Waals surface area contributed by atoms with Gasteiger partial charge >= 0.3 is 23.9 Å². The van der Waals surface area contributed by atoms with Gasteiger partial charge in [0.2, 0.25) is 0 Å². The van der Waals surface area contributed by atoms with Crippen LogP contribution in [0.4, 0.5) is 11.4 Å². The highest BCUT2D eigenvalue weighted by atomic mass is 35.5. The Hall–Kier alpha value is -8.17. The lowest BCUT2D eigenvalue weighted by atomic mass is 10.2. The molecule has 0 radical (unpaired) electrons. The van der Waals surface area contributed by atoms with E-state index < -0.39 is 33.4 Å². The number of thiol groups is 1. The van der Waals surface area contributed by atoms with Crippen LogP contribution in [-0.4, -0.2) is 87.5 Å². The molecule has 26 heteroatoms. The number of hydrogen-bond acceptors (Lipinski definition) is 20. The van der Waals surface area contributed by atoms with Crippen LogP contribution in [0.5, 0.6) is 0 Å². The molecule has 0 amide bonds. The smallest absolute Gasteiger partial charge is 0.337 e. The normalized spacial score (nSPS) is 10.1. The van der Waals surface area contributed by atoms with Crippen molar-refractivity contribution in [3.63, 3.8) is 0 Å². The van der Waals surface area contributed by atoms with Crippen molar-refractivity contribution in [2.24, 2.45) is 0 Å². The number of nitrogens with zero attached hydrogens (tertiary/aromatic N) is 6.